The molecule has 3 heterocycles. The van der Waals surface area contributed by atoms with Crippen LogP contribution in [0.1, 0.15) is 94.9 Å². The zero-order chi connectivity index (χ0) is 39.7. The lowest BCUT2D eigenvalue weighted by Crippen LogP contribution is -2.60. The van der Waals surface area contributed by atoms with E-state index in [2.05, 4.69) is 0 Å². The Hall–Kier alpha value is -1.01. The third kappa shape index (κ3) is 10.0. The Kier molecular flexibility index (Phi) is 15.6. The number of hydrogen-bond donors (Lipinski definition) is 5. The minimum atomic E-state index is -1.80. The van der Waals surface area contributed by atoms with Crippen molar-refractivity contribution in [2.45, 2.75) is 185 Å². The Balaban J connectivity index is 2.17. The fourth-order valence-corrected chi connectivity index (χ4v) is 8.74. The van der Waals surface area contributed by atoms with E-state index in [9.17, 15) is 30.3 Å². The largest absolute Gasteiger partial charge is 0.459 e. The van der Waals surface area contributed by atoms with Crippen LogP contribution in [0.15, 0.2) is 0 Å². The summed E-state index contributed by atoms with van der Waals surface area (Å²) in [5.74, 6) is -2.58. The number of nitrogens with zero attached hydrogens (tertiary/aromatic N) is 2. The smallest absolute Gasteiger partial charge is 0.311 e. The van der Waals surface area contributed by atoms with Gasteiger partial charge in [0.2, 0.25) is 0 Å². The molecular weight excluding hydrogens is 676 g/mol. The molecule has 0 bridgehead atoms. The molecule has 306 valence electrons. The number of carbonyl (C=O) groups is 1. The van der Waals surface area contributed by atoms with E-state index in [4.69, 9.17) is 28.4 Å². The molecule has 0 aromatic rings. The maximum Gasteiger partial charge on any atom is 0.311 e. The molecule has 2 unspecified atom stereocenters. The summed E-state index contributed by atoms with van der Waals surface area (Å²) in [5, 5.41) is 58.1. The van der Waals surface area contributed by atoms with Crippen molar-refractivity contribution in [1.82, 2.24) is 9.80 Å². The molecule has 0 aromatic heterocycles. The van der Waals surface area contributed by atoms with Crippen LogP contribution >= 0.6 is 0 Å². The second-order valence-corrected chi connectivity index (χ2v) is 17.2. The number of likely N-dealkylation sites (N-methyl/N-ethyl adjacent to an activating group) is 2. The highest BCUT2D eigenvalue weighted by molar-refractivity contribution is 5.73. The second kappa shape index (κ2) is 17.8. The molecule has 18 atom stereocenters. The number of methoxy groups -OCH3 is 1. The molecule has 14 nitrogen and oxygen atoms in total. The van der Waals surface area contributed by atoms with Gasteiger partial charge in [0.15, 0.2) is 12.6 Å². The van der Waals surface area contributed by atoms with Crippen LogP contribution in [0, 0.1) is 17.8 Å². The summed E-state index contributed by atoms with van der Waals surface area (Å²) in [4.78, 5) is 18.0. The molecule has 3 saturated heterocycles. The Morgan fingerprint density at radius 1 is 0.942 bits per heavy atom. The zero-order valence-electron chi connectivity index (χ0n) is 34.2. The maximum absolute atomic E-state index is 14.2. The van der Waals surface area contributed by atoms with Crippen molar-refractivity contribution in [2.24, 2.45) is 17.8 Å². The molecule has 52 heavy (non-hydrogen) atoms. The van der Waals surface area contributed by atoms with Crippen LogP contribution in [0.5, 0.6) is 0 Å². The van der Waals surface area contributed by atoms with E-state index in [1.165, 1.54) is 14.0 Å². The first-order chi connectivity index (χ1) is 23.9. The highest BCUT2D eigenvalue weighted by atomic mass is 16.7. The Labute approximate surface area is 312 Å². The van der Waals surface area contributed by atoms with Gasteiger partial charge in [-0.25, -0.2) is 0 Å². The van der Waals surface area contributed by atoms with E-state index in [1.807, 2.05) is 51.7 Å². The van der Waals surface area contributed by atoms with Crippen molar-refractivity contribution >= 4 is 5.97 Å². The summed E-state index contributed by atoms with van der Waals surface area (Å²) >= 11 is 0. The number of aliphatic hydroxyl groups is 5. The summed E-state index contributed by atoms with van der Waals surface area (Å²) in [5.41, 5.74) is -4.37. The van der Waals surface area contributed by atoms with Crippen LogP contribution in [0.2, 0.25) is 0 Å². The first-order valence-electron chi connectivity index (χ1n) is 19.1. The number of cyclic esters (lactones) is 1. The van der Waals surface area contributed by atoms with E-state index >= 15 is 0 Å². The molecule has 3 fully saturated rings. The molecule has 5 N–H and O–H groups in total. The predicted octanol–water partition coefficient (Wildman–Crippen LogP) is 1.90. The number of carbonyl (C=O) groups excluding carboxylic acids is 1. The number of aliphatic hydroxyl groups excluding tert-OH is 3. The van der Waals surface area contributed by atoms with Crippen LogP contribution < -0.4 is 0 Å². The molecule has 3 aliphatic rings. The topological polar surface area (TPSA) is 180 Å². The molecule has 3 aliphatic heterocycles. The van der Waals surface area contributed by atoms with Gasteiger partial charge in [-0.05, 0) is 94.8 Å². The highest BCUT2D eigenvalue weighted by Crippen LogP contribution is 2.40. The highest BCUT2D eigenvalue weighted by Gasteiger charge is 2.52. The van der Waals surface area contributed by atoms with Crippen molar-refractivity contribution in [2.75, 3.05) is 34.8 Å². The van der Waals surface area contributed by atoms with Gasteiger partial charge in [0, 0.05) is 38.1 Å². The van der Waals surface area contributed by atoms with Gasteiger partial charge in [0.1, 0.15) is 30.0 Å². The van der Waals surface area contributed by atoms with Crippen LogP contribution in [-0.4, -0.2) is 166 Å². The van der Waals surface area contributed by atoms with Crippen molar-refractivity contribution in [3.8, 4) is 0 Å². The average Bonchev–Trinajstić information content (AvgIpc) is 3.05. The molecule has 0 saturated carbocycles. The molecule has 0 aliphatic carbocycles. The van der Waals surface area contributed by atoms with Crippen molar-refractivity contribution < 1.29 is 58.7 Å². The van der Waals surface area contributed by atoms with E-state index in [-0.39, 0.29) is 37.3 Å². The third-order valence-corrected chi connectivity index (χ3v) is 12.2. The number of esters is 1. The normalized spacial score (nSPS) is 49.6. The maximum atomic E-state index is 14.2. The van der Waals surface area contributed by atoms with Crippen LogP contribution in [-0.2, 0) is 33.2 Å². The molecule has 0 spiro atoms. The molecule has 14 heteroatoms. The minimum absolute atomic E-state index is 0.133. The van der Waals surface area contributed by atoms with Crippen molar-refractivity contribution in [1.29, 1.82) is 0 Å². The van der Waals surface area contributed by atoms with Crippen molar-refractivity contribution in [3.05, 3.63) is 0 Å². The van der Waals surface area contributed by atoms with Gasteiger partial charge in [-0.1, -0.05) is 20.8 Å². The molecule has 0 amide bonds. The first-order valence-corrected chi connectivity index (χ1v) is 19.1. The standard InChI is InChI=1S/C38H72N2O12/c1-15-27-38(10,46)31(42)24(6)40(13)19-20(2)17-36(8,45)33(52-35-29(41)26(39(11)12)16-21(3)48-35)22(4)30(23(5)34(44)50-27)51-28-18-37(9,47-14)32(43)25(7)49-28/h20-33,35,41-43,45-46H,15-19H2,1-14H3/t20-,21+,22-,23+,24+,25-,26-,27+,28?,29+,30-,31?,32-,33+,35-,36+,37+,38+/m0/s1. The summed E-state index contributed by atoms with van der Waals surface area (Å²) in [6.45, 7) is 18.0. The molecule has 0 aromatic carbocycles. The number of rotatable bonds is 7. The van der Waals surface area contributed by atoms with E-state index in [0.29, 0.717) is 13.0 Å². The van der Waals surface area contributed by atoms with Gasteiger partial charge < -0.3 is 63.8 Å². The van der Waals surface area contributed by atoms with Gasteiger partial charge in [-0.15, -0.1) is 0 Å². The van der Waals surface area contributed by atoms with E-state index < -0.39 is 96.0 Å². The van der Waals surface area contributed by atoms with Gasteiger partial charge in [0.25, 0.3) is 0 Å². The lowest BCUT2D eigenvalue weighted by atomic mass is 9.77. The SMILES string of the molecule is CC[C@H]1OC(=O)[C@H](C)[C@@H](OC2C[C@@](C)(OC)[C@@H](O)[C@H](C)O2)[C@H](C)[C@@H](O[C@@H]2O[C@H](C)C[C@H](N(C)C)[C@H]2O)[C@](C)(O)C[C@H](C)CN(C)[C@H](C)C(O)[C@]1(C)O. The molecule has 0 radical (unpaired) electrons. The van der Waals surface area contributed by atoms with Crippen molar-refractivity contribution in [3.63, 3.8) is 0 Å². The minimum Gasteiger partial charge on any atom is -0.459 e. The van der Waals surface area contributed by atoms with Crippen LogP contribution in [0.4, 0.5) is 0 Å². The Morgan fingerprint density at radius 2 is 1.56 bits per heavy atom. The lowest BCUT2D eigenvalue weighted by molar-refractivity contribution is -0.318. The summed E-state index contributed by atoms with van der Waals surface area (Å²) in [6.07, 6.45) is -8.19. The number of hydrogen-bond acceptors (Lipinski definition) is 14. The first kappa shape index (κ1) is 45.4. The lowest BCUT2D eigenvalue weighted by Gasteiger charge is -2.48. The molecular formula is C38H72N2O12. The predicted molar refractivity (Wildman–Crippen MR) is 194 cm³/mol. The van der Waals surface area contributed by atoms with E-state index in [1.54, 1.807) is 41.5 Å². The molecule has 3 rings (SSSR count). The van der Waals surface area contributed by atoms with Gasteiger partial charge >= 0.3 is 5.97 Å². The summed E-state index contributed by atoms with van der Waals surface area (Å²) < 4.78 is 37.5. The zero-order valence-corrected chi connectivity index (χ0v) is 34.2. The van der Waals surface area contributed by atoms with Gasteiger partial charge in [-0.3, -0.25) is 4.79 Å². The van der Waals surface area contributed by atoms with Crippen LogP contribution in [0.25, 0.3) is 0 Å². The fourth-order valence-electron chi connectivity index (χ4n) is 8.74. The Morgan fingerprint density at radius 3 is 2.12 bits per heavy atom. The van der Waals surface area contributed by atoms with Gasteiger partial charge in [0.05, 0.1) is 41.5 Å². The fraction of sp³-hybridized carbons (Fsp3) is 0.974. The summed E-state index contributed by atoms with van der Waals surface area (Å²) in [7, 11) is 7.12. The second-order valence-electron chi connectivity index (χ2n) is 17.2. The quantitative estimate of drug-likeness (QED) is 0.238. The monoisotopic (exact) mass is 749 g/mol. The Bertz CT molecular complexity index is 1140. The van der Waals surface area contributed by atoms with Crippen LogP contribution in [0.3, 0.4) is 0 Å². The van der Waals surface area contributed by atoms with E-state index in [0.717, 1.165) is 0 Å². The summed E-state index contributed by atoms with van der Waals surface area (Å²) in [6, 6.07) is -0.808. The average molecular weight is 749 g/mol. The van der Waals surface area contributed by atoms with Gasteiger partial charge in [-0.2, -0.15) is 0 Å². The third-order valence-electron chi connectivity index (χ3n) is 12.2. The number of ether oxygens (including phenoxy) is 6.